The largest absolute Gasteiger partial charge is 0.370 e. The number of hydrogen-bond donors (Lipinski definition) is 2. The van der Waals surface area contributed by atoms with Gasteiger partial charge < -0.3 is 11.1 Å². The van der Waals surface area contributed by atoms with Crippen molar-refractivity contribution in [1.82, 2.24) is 20.0 Å². The second kappa shape index (κ2) is 9.76. The van der Waals surface area contributed by atoms with Gasteiger partial charge in [-0.2, -0.15) is 5.10 Å². The van der Waals surface area contributed by atoms with Gasteiger partial charge in [-0.05, 0) is 43.6 Å². The lowest BCUT2D eigenvalue weighted by atomic mass is 10.2. The first kappa shape index (κ1) is 19.7. The second-order valence-corrected chi connectivity index (χ2v) is 6.09. The highest BCUT2D eigenvalue weighted by atomic mass is 127. The number of nitrogens with two attached hydrogens (primary N) is 1. The average Bonchev–Trinajstić information content (AvgIpc) is 3.29. The lowest BCUT2D eigenvalue weighted by Crippen LogP contribution is -2.42. The smallest absolute Gasteiger partial charge is 0.188 e. The topological polar surface area (TPSA) is 71.5 Å². The number of guanidine groups is 1. The SMILES string of the molecule is CCN1CCCC1CNC(N)=NCc1ccccc1-n1cccn1.I. The van der Waals surface area contributed by atoms with Gasteiger partial charge in [-0.1, -0.05) is 25.1 Å². The molecule has 1 aromatic carbocycles. The van der Waals surface area contributed by atoms with Gasteiger partial charge in [0.1, 0.15) is 0 Å². The van der Waals surface area contributed by atoms with E-state index < -0.39 is 0 Å². The van der Waals surface area contributed by atoms with Crippen molar-refractivity contribution in [2.75, 3.05) is 19.6 Å². The third-order valence-electron chi connectivity index (χ3n) is 4.59. The van der Waals surface area contributed by atoms with Crippen LogP contribution in [-0.2, 0) is 6.54 Å². The molecule has 0 bridgehead atoms. The van der Waals surface area contributed by atoms with Crippen LogP contribution in [0, 0.1) is 0 Å². The Morgan fingerprint density at radius 3 is 2.96 bits per heavy atom. The summed E-state index contributed by atoms with van der Waals surface area (Å²) in [6.07, 6.45) is 6.21. The first-order valence-electron chi connectivity index (χ1n) is 8.63. The van der Waals surface area contributed by atoms with Gasteiger partial charge in [0, 0.05) is 25.0 Å². The number of hydrogen-bond acceptors (Lipinski definition) is 3. The second-order valence-electron chi connectivity index (χ2n) is 6.09. The van der Waals surface area contributed by atoms with Crippen molar-refractivity contribution < 1.29 is 0 Å². The molecule has 1 aliphatic rings. The Morgan fingerprint density at radius 2 is 2.20 bits per heavy atom. The van der Waals surface area contributed by atoms with Gasteiger partial charge in [-0.15, -0.1) is 24.0 Å². The van der Waals surface area contributed by atoms with E-state index in [1.54, 1.807) is 6.20 Å². The molecular weight excluding hydrogens is 427 g/mol. The molecule has 0 aliphatic carbocycles. The summed E-state index contributed by atoms with van der Waals surface area (Å²) in [6.45, 7) is 5.90. The molecule has 1 aromatic heterocycles. The summed E-state index contributed by atoms with van der Waals surface area (Å²) in [5, 5.41) is 7.57. The summed E-state index contributed by atoms with van der Waals surface area (Å²) >= 11 is 0. The number of aromatic nitrogens is 2. The first-order valence-corrected chi connectivity index (χ1v) is 8.63. The zero-order valence-electron chi connectivity index (χ0n) is 14.6. The van der Waals surface area contributed by atoms with Crippen LogP contribution in [0.5, 0.6) is 0 Å². The molecule has 25 heavy (non-hydrogen) atoms. The maximum Gasteiger partial charge on any atom is 0.188 e. The van der Waals surface area contributed by atoms with Crippen molar-refractivity contribution in [1.29, 1.82) is 0 Å². The number of nitrogens with one attached hydrogen (secondary N) is 1. The van der Waals surface area contributed by atoms with Crippen molar-refractivity contribution in [3.63, 3.8) is 0 Å². The van der Waals surface area contributed by atoms with Crippen LogP contribution in [0.2, 0.25) is 0 Å². The Bertz CT molecular complexity index is 670. The molecule has 0 saturated carbocycles. The van der Waals surface area contributed by atoms with Gasteiger partial charge >= 0.3 is 0 Å². The summed E-state index contributed by atoms with van der Waals surface area (Å²) in [5.74, 6) is 0.508. The summed E-state index contributed by atoms with van der Waals surface area (Å²) in [4.78, 5) is 6.99. The summed E-state index contributed by atoms with van der Waals surface area (Å²) in [6, 6.07) is 10.6. The van der Waals surface area contributed by atoms with Crippen LogP contribution in [0.4, 0.5) is 0 Å². The molecule has 6 nitrogen and oxygen atoms in total. The highest BCUT2D eigenvalue weighted by Crippen LogP contribution is 2.16. The molecule has 1 fully saturated rings. The average molecular weight is 454 g/mol. The maximum atomic E-state index is 6.05. The Morgan fingerprint density at radius 1 is 1.36 bits per heavy atom. The lowest BCUT2D eigenvalue weighted by Gasteiger charge is -2.23. The van der Waals surface area contributed by atoms with Crippen molar-refractivity contribution >= 4 is 29.9 Å². The number of aliphatic imine (C=N–C) groups is 1. The molecule has 2 heterocycles. The highest BCUT2D eigenvalue weighted by Gasteiger charge is 2.22. The minimum atomic E-state index is 0. The minimum Gasteiger partial charge on any atom is -0.370 e. The third kappa shape index (κ3) is 5.18. The van der Waals surface area contributed by atoms with Crippen LogP contribution in [0.1, 0.15) is 25.3 Å². The Hall–Kier alpha value is -1.61. The third-order valence-corrected chi connectivity index (χ3v) is 4.59. The van der Waals surface area contributed by atoms with Crippen LogP contribution < -0.4 is 11.1 Å². The van der Waals surface area contributed by atoms with Crippen LogP contribution in [-0.4, -0.2) is 46.3 Å². The molecule has 0 spiro atoms. The maximum absolute atomic E-state index is 6.05. The number of para-hydroxylation sites is 1. The van der Waals surface area contributed by atoms with Crippen LogP contribution in [0.15, 0.2) is 47.7 Å². The standard InChI is InChI=1S/C18H26N6.HI/c1-2-23-11-5-8-16(23)14-21-18(19)20-13-15-7-3-4-9-17(15)24-12-6-10-22-24;/h3-4,6-7,9-10,12,16H,2,5,8,11,13-14H2,1H3,(H3,19,20,21);1H. The van der Waals surface area contributed by atoms with E-state index in [9.17, 15) is 0 Å². The van der Waals surface area contributed by atoms with E-state index in [2.05, 4.69) is 33.3 Å². The highest BCUT2D eigenvalue weighted by molar-refractivity contribution is 14.0. The molecule has 0 radical (unpaired) electrons. The molecule has 1 atom stereocenters. The van der Waals surface area contributed by atoms with Crippen molar-refractivity contribution in [3.05, 3.63) is 48.3 Å². The van der Waals surface area contributed by atoms with E-state index in [0.717, 1.165) is 24.3 Å². The number of likely N-dealkylation sites (N-methyl/N-ethyl adjacent to an activating group) is 1. The molecule has 136 valence electrons. The van der Waals surface area contributed by atoms with Gasteiger partial charge in [-0.25, -0.2) is 9.67 Å². The van der Waals surface area contributed by atoms with Gasteiger partial charge in [0.15, 0.2) is 5.96 Å². The van der Waals surface area contributed by atoms with E-state index >= 15 is 0 Å². The molecule has 3 rings (SSSR count). The number of halogens is 1. The van der Waals surface area contributed by atoms with Gasteiger partial charge in [0.05, 0.1) is 12.2 Å². The minimum absolute atomic E-state index is 0. The number of benzene rings is 1. The van der Waals surface area contributed by atoms with Crippen LogP contribution >= 0.6 is 24.0 Å². The van der Waals surface area contributed by atoms with Crippen molar-refractivity contribution in [2.45, 2.75) is 32.4 Å². The molecule has 7 heteroatoms. The normalized spacial score (nSPS) is 18.1. The first-order chi connectivity index (χ1) is 11.8. The monoisotopic (exact) mass is 454 g/mol. The quantitative estimate of drug-likeness (QED) is 0.400. The fourth-order valence-electron chi connectivity index (χ4n) is 3.27. The van der Waals surface area contributed by atoms with E-state index in [1.165, 1.54) is 19.4 Å². The van der Waals surface area contributed by atoms with Gasteiger partial charge in [0.25, 0.3) is 0 Å². The lowest BCUT2D eigenvalue weighted by molar-refractivity contribution is 0.267. The number of rotatable bonds is 6. The van der Waals surface area contributed by atoms with Gasteiger partial charge in [0.2, 0.25) is 0 Å². The zero-order valence-corrected chi connectivity index (χ0v) is 17.0. The Balaban J connectivity index is 0.00000225. The fourth-order valence-corrected chi connectivity index (χ4v) is 3.27. The molecule has 1 aliphatic heterocycles. The van der Waals surface area contributed by atoms with E-state index in [1.807, 2.05) is 35.1 Å². The van der Waals surface area contributed by atoms with Crippen LogP contribution in [0.3, 0.4) is 0 Å². The van der Waals surface area contributed by atoms with Crippen molar-refractivity contribution in [3.8, 4) is 5.69 Å². The molecule has 1 saturated heterocycles. The zero-order chi connectivity index (χ0) is 16.8. The summed E-state index contributed by atoms with van der Waals surface area (Å²) in [5.41, 5.74) is 8.19. The molecule has 2 aromatic rings. The van der Waals surface area contributed by atoms with E-state index in [4.69, 9.17) is 5.73 Å². The molecule has 1 unspecified atom stereocenters. The predicted octanol–water partition coefficient (Wildman–Crippen LogP) is 2.38. The predicted molar refractivity (Wildman–Crippen MR) is 113 cm³/mol. The number of likely N-dealkylation sites (tertiary alicyclic amines) is 1. The van der Waals surface area contributed by atoms with Gasteiger partial charge in [-0.3, -0.25) is 4.90 Å². The molecule has 0 amide bonds. The van der Waals surface area contributed by atoms with Crippen molar-refractivity contribution in [2.24, 2.45) is 10.7 Å². The van der Waals surface area contributed by atoms with Crippen LogP contribution in [0.25, 0.3) is 5.69 Å². The van der Waals surface area contributed by atoms with E-state index in [0.29, 0.717) is 18.5 Å². The number of nitrogens with zero attached hydrogens (tertiary/aromatic N) is 4. The Kier molecular flexibility index (Phi) is 7.70. The van der Waals surface area contributed by atoms with E-state index in [-0.39, 0.29) is 24.0 Å². The summed E-state index contributed by atoms with van der Waals surface area (Å²) < 4.78 is 1.85. The fraction of sp³-hybridized carbons (Fsp3) is 0.444. The molecule has 3 N–H and O–H groups in total. The Labute approximate surface area is 166 Å². The molecular formula is C18H27IN6. The summed E-state index contributed by atoms with van der Waals surface area (Å²) in [7, 11) is 0.